The van der Waals surface area contributed by atoms with Gasteiger partial charge in [-0.15, -0.1) is 0 Å². The van der Waals surface area contributed by atoms with Crippen molar-refractivity contribution < 1.29 is 4.79 Å². The Morgan fingerprint density at radius 2 is 1.39 bits per heavy atom. The Balaban J connectivity index is 1.85. The molecule has 118 valence electrons. The highest BCUT2D eigenvalue weighted by Crippen LogP contribution is 2.21. The van der Waals surface area contributed by atoms with Crippen molar-refractivity contribution in [2.75, 3.05) is 0 Å². The molecule has 0 amide bonds. The van der Waals surface area contributed by atoms with Gasteiger partial charge in [0, 0.05) is 23.4 Å². The molecule has 0 saturated heterocycles. The van der Waals surface area contributed by atoms with Gasteiger partial charge in [-0.3, -0.25) is 4.79 Å². The number of carbonyl (C=O) groups is 1. The molecule has 0 unspecified atom stereocenters. The fourth-order valence-electron chi connectivity index (χ4n) is 3.11. The van der Waals surface area contributed by atoms with Gasteiger partial charge in [-0.05, 0) is 18.4 Å². The lowest BCUT2D eigenvalue weighted by atomic mass is 9.94. The van der Waals surface area contributed by atoms with Crippen LogP contribution in [0.2, 0.25) is 0 Å². The zero-order valence-electron chi connectivity index (χ0n) is 13.4. The first-order chi connectivity index (χ1) is 11.3. The zero-order chi connectivity index (χ0) is 15.9. The summed E-state index contributed by atoms with van der Waals surface area (Å²) in [5.74, 6) is 0.0489. The first-order valence-corrected chi connectivity index (χ1v) is 8.46. The number of rotatable bonds is 5. The van der Waals surface area contributed by atoms with E-state index >= 15 is 0 Å². The predicted molar refractivity (Wildman–Crippen MR) is 95.2 cm³/mol. The third kappa shape index (κ3) is 4.32. The zero-order valence-corrected chi connectivity index (χ0v) is 13.4. The number of carbonyl (C=O) groups excluding carboxylic acids is 1. The van der Waals surface area contributed by atoms with Gasteiger partial charge in [-0.2, -0.15) is 0 Å². The van der Waals surface area contributed by atoms with E-state index in [9.17, 15) is 4.79 Å². The lowest BCUT2D eigenvalue weighted by Crippen LogP contribution is -2.30. The predicted octanol–water partition coefficient (Wildman–Crippen LogP) is 4.83. The Morgan fingerprint density at radius 3 is 2.00 bits per heavy atom. The van der Waals surface area contributed by atoms with E-state index in [2.05, 4.69) is 17.4 Å². The molecule has 23 heavy (non-hydrogen) atoms. The van der Waals surface area contributed by atoms with Crippen LogP contribution in [0.5, 0.6) is 0 Å². The fraction of sp³-hybridized carbons (Fsp3) is 0.286. The van der Waals surface area contributed by atoms with E-state index in [1.54, 1.807) is 6.08 Å². The number of hydrogen-bond acceptors (Lipinski definition) is 2. The molecule has 0 radical (unpaired) electrons. The van der Waals surface area contributed by atoms with Gasteiger partial charge >= 0.3 is 0 Å². The van der Waals surface area contributed by atoms with Crippen LogP contribution >= 0.6 is 0 Å². The van der Waals surface area contributed by atoms with Crippen LogP contribution in [0.1, 0.15) is 48.0 Å². The van der Waals surface area contributed by atoms with Crippen LogP contribution in [0.25, 0.3) is 5.70 Å². The minimum absolute atomic E-state index is 0.0489. The van der Waals surface area contributed by atoms with Gasteiger partial charge in [0.1, 0.15) is 0 Å². The van der Waals surface area contributed by atoms with Crippen molar-refractivity contribution in [3.63, 3.8) is 0 Å². The van der Waals surface area contributed by atoms with Crippen LogP contribution in [0, 0.1) is 0 Å². The van der Waals surface area contributed by atoms with Gasteiger partial charge in [0.2, 0.25) is 0 Å². The van der Waals surface area contributed by atoms with Gasteiger partial charge in [-0.1, -0.05) is 79.9 Å². The Hall–Kier alpha value is -2.35. The van der Waals surface area contributed by atoms with Crippen LogP contribution in [0.4, 0.5) is 0 Å². The largest absolute Gasteiger partial charge is 0.382 e. The van der Waals surface area contributed by atoms with Crippen LogP contribution in [0.3, 0.4) is 0 Å². The average molecular weight is 305 g/mol. The maximum absolute atomic E-state index is 12.6. The second-order valence-electron chi connectivity index (χ2n) is 6.13. The molecule has 2 heteroatoms. The third-order valence-electron chi connectivity index (χ3n) is 4.38. The highest BCUT2D eigenvalue weighted by Gasteiger charge is 2.15. The van der Waals surface area contributed by atoms with Crippen molar-refractivity contribution in [3.8, 4) is 0 Å². The normalized spacial score (nSPS) is 16.1. The SMILES string of the molecule is O=C(/C=C(\NC1CCCCC1)c1ccccc1)c1ccccc1. The van der Waals surface area contributed by atoms with Crippen LogP contribution < -0.4 is 5.32 Å². The molecule has 1 N–H and O–H groups in total. The molecule has 2 aromatic rings. The molecule has 0 atom stereocenters. The molecular formula is C21H23NO. The average Bonchev–Trinajstić information content (AvgIpc) is 2.63. The summed E-state index contributed by atoms with van der Waals surface area (Å²) in [6.07, 6.45) is 7.98. The number of benzene rings is 2. The maximum Gasteiger partial charge on any atom is 0.187 e. The van der Waals surface area contributed by atoms with Crippen LogP contribution in [-0.2, 0) is 0 Å². The summed E-state index contributed by atoms with van der Waals surface area (Å²) in [7, 11) is 0. The molecule has 2 nitrogen and oxygen atoms in total. The number of ketones is 1. The molecule has 1 saturated carbocycles. The number of nitrogens with one attached hydrogen (secondary N) is 1. The van der Waals surface area contributed by atoms with Crippen molar-refractivity contribution in [2.45, 2.75) is 38.1 Å². The molecular weight excluding hydrogens is 282 g/mol. The maximum atomic E-state index is 12.6. The Morgan fingerprint density at radius 1 is 0.826 bits per heavy atom. The molecule has 0 aromatic heterocycles. The first kappa shape index (κ1) is 15.5. The van der Waals surface area contributed by atoms with Gasteiger partial charge in [0.25, 0.3) is 0 Å². The topological polar surface area (TPSA) is 29.1 Å². The molecule has 1 fully saturated rings. The summed E-state index contributed by atoms with van der Waals surface area (Å²) in [4.78, 5) is 12.6. The van der Waals surface area contributed by atoms with Gasteiger partial charge < -0.3 is 5.32 Å². The van der Waals surface area contributed by atoms with E-state index in [1.165, 1.54) is 32.1 Å². The van der Waals surface area contributed by atoms with Crippen molar-refractivity contribution in [1.29, 1.82) is 0 Å². The Labute approximate surface area is 138 Å². The molecule has 0 aliphatic heterocycles. The van der Waals surface area contributed by atoms with E-state index in [1.807, 2.05) is 48.5 Å². The minimum Gasteiger partial charge on any atom is -0.382 e. The summed E-state index contributed by atoms with van der Waals surface area (Å²) in [5.41, 5.74) is 2.74. The molecule has 0 bridgehead atoms. The van der Waals surface area contributed by atoms with E-state index in [-0.39, 0.29) is 5.78 Å². The smallest absolute Gasteiger partial charge is 0.187 e. The van der Waals surface area contributed by atoms with E-state index in [4.69, 9.17) is 0 Å². The van der Waals surface area contributed by atoms with Crippen molar-refractivity contribution in [2.24, 2.45) is 0 Å². The molecule has 1 aliphatic rings. The minimum atomic E-state index is 0.0489. The summed E-state index contributed by atoms with van der Waals surface area (Å²) in [6.45, 7) is 0. The lowest BCUT2D eigenvalue weighted by Gasteiger charge is -2.25. The number of hydrogen-bond donors (Lipinski definition) is 1. The van der Waals surface area contributed by atoms with Crippen molar-refractivity contribution >= 4 is 11.5 Å². The third-order valence-corrected chi connectivity index (χ3v) is 4.38. The second-order valence-corrected chi connectivity index (χ2v) is 6.13. The fourth-order valence-corrected chi connectivity index (χ4v) is 3.11. The first-order valence-electron chi connectivity index (χ1n) is 8.46. The summed E-state index contributed by atoms with van der Waals surface area (Å²) in [5, 5.41) is 3.61. The van der Waals surface area contributed by atoms with Gasteiger partial charge in [0.15, 0.2) is 5.78 Å². The van der Waals surface area contributed by atoms with Gasteiger partial charge in [0.05, 0.1) is 0 Å². The molecule has 0 heterocycles. The van der Waals surface area contributed by atoms with E-state index < -0.39 is 0 Å². The molecule has 0 spiro atoms. The van der Waals surface area contributed by atoms with Crippen molar-refractivity contribution in [3.05, 3.63) is 77.9 Å². The quantitative estimate of drug-likeness (QED) is 0.633. The van der Waals surface area contributed by atoms with Crippen molar-refractivity contribution in [1.82, 2.24) is 5.32 Å². The summed E-state index contributed by atoms with van der Waals surface area (Å²) < 4.78 is 0. The molecule has 2 aromatic carbocycles. The molecule has 1 aliphatic carbocycles. The number of allylic oxidation sites excluding steroid dienone is 1. The standard InChI is InChI=1S/C21H23NO/c23-21(18-12-6-2-7-13-18)16-20(17-10-4-1-5-11-17)22-19-14-8-3-9-15-19/h1-2,4-7,10-13,16,19,22H,3,8-9,14-15H2/b20-16-. The monoisotopic (exact) mass is 305 g/mol. The van der Waals surface area contributed by atoms with E-state index in [0.717, 1.165) is 16.8 Å². The summed E-state index contributed by atoms with van der Waals surface area (Å²) >= 11 is 0. The second kappa shape index (κ2) is 7.77. The lowest BCUT2D eigenvalue weighted by molar-refractivity contribution is 0.104. The van der Waals surface area contributed by atoms with Crippen LogP contribution in [-0.4, -0.2) is 11.8 Å². The van der Waals surface area contributed by atoms with Gasteiger partial charge in [-0.25, -0.2) is 0 Å². The van der Waals surface area contributed by atoms with Crippen LogP contribution in [0.15, 0.2) is 66.7 Å². The Bertz CT molecular complexity index is 655. The highest BCUT2D eigenvalue weighted by molar-refractivity contribution is 6.08. The Kier molecular flexibility index (Phi) is 5.25. The highest BCUT2D eigenvalue weighted by atomic mass is 16.1. The summed E-state index contributed by atoms with van der Waals surface area (Å²) in [6, 6.07) is 20.1. The van der Waals surface area contributed by atoms with E-state index in [0.29, 0.717) is 6.04 Å². The molecule has 3 rings (SSSR count).